The van der Waals surface area contributed by atoms with Crippen LogP contribution in [0.4, 0.5) is 34.1 Å². The molecule has 0 aromatic heterocycles. The van der Waals surface area contributed by atoms with Crippen LogP contribution < -0.4 is 45.1 Å². The Hall–Kier alpha value is -5.04. The van der Waals surface area contributed by atoms with E-state index < -0.39 is 0 Å². The average Bonchev–Trinajstić information content (AvgIpc) is 3.46. The second kappa shape index (κ2) is 10.0. The molecule has 0 saturated heterocycles. The van der Waals surface area contributed by atoms with E-state index >= 15 is 0 Å². The van der Waals surface area contributed by atoms with Gasteiger partial charge in [-0.2, -0.15) is 0 Å². The van der Waals surface area contributed by atoms with E-state index in [1.807, 2.05) is 0 Å². The number of aryl methyl sites for hydroxylation is 1. The van der Waals surface area contributed by atoms with Gasteiger partial charge in [0.1, 0.15) is 0 Å². The van der Waals surface area contributed by atoms with E-state index in [-0.39, 0.29) is 6.71 Å². The molecule has 0 radical (unpaired) electrons. The molecule has 0 unspecified atom stereocenters. The molecule has 0 N–H and O–H groups in total. The second-order valence-corrected chi connectivity index (χ2v) is 11.8. The number of para-hydroxylation sites is 2. The number of fused-ring (bicyclic) bond motifs is 8. The summed E-state index contributed by atoms with van der Waals surface area (Å²) >= 11 is 0. The van der Waals surface area contributed by atoms with Crippen molar-refractivity contribution in [2.75, 3.05) is 36.2 Å². The molecule has 0 bridgehead atoms. The van der Waals surface area contributed by atoms with E-state index in [0.717, 1.165) is 70.0 Å². The Morgan fingerprint density at radius 1 is 0.545 bits per heavy atom. The van der Waals surface area contributed by atoms with Gasteiger partial charge in [-0.1, -0.05) is 48.5 Å². The molecule has 0 aliphatic carbocycles. The molecule has 7 heteroatoms. The molecule has 5 aromatic rings. The highest BCUT2D eigenvalue weighted by Crippen LogP contribution is 2.52. The summed E-state index contributed by atoms with van der Waals surface area (Å²) in [6, 6.07) is 34.5. The maximum atomic E-state index is 6.55. The predicted octanol–water partition coefficient (Wildman–Crippen LogP) is 6.40. The van der Waals surface area contributed by atoms with Crippen LogP contribution in [0.3, 0.4) is 0 Å². The van der Waals surface area contributed by atoms with Crippen LogP contribution >= 0.6 is 0 Å². The Morgan fingerprint density at radius 3 is 1.48 bits per heavy atom. The van der Waals surface area contributed by atoms with Gasteiger partial charge in [0.15, 0.2) is 23.0 Å². The van der Waals surface area contributed by atoms with Crippen molar-refractivity contribution in [1.29, 1.82) is 0 Å². The van der Waals surface area contributed by atoms with Gasteiger partial charge in [-0.15, -0.1) is 0 Å². The van der Waals surface area contributed by atoms with Gasteiger partial charge in [0.25, 0.3) is 6.71 Å². The molecule has 6 nitrogen and oxygen atoms in total. The summed E-state index contributed by atoms with van der Waals surface area (Å²) in [6.07, 6.45) is 1.69. The number of anilines is 6. The lowest BCUT2D eigenvalue weighted by molar-refractivity contribution is 0.297. The molecule has 4 aliphatic rings. The maximum Gasteiger partial charge on any atom is 0.252 e. The minimum Gasteiger partial charge on any atom is -0.489 e. The van der Waals surface area contributed by atoms with Crippen LogP contribution in [0.15, 0.2) is 97.1 Å². The fourth-order valence-corrected chi connectivity index (χ4v) is 7.24. The lowest BCUT2D eigenvalue weighted by Crippen LogP contribution is -2.61. The maximum absolute atomic E-state index is 6.55. The smallest absolute Gasteiger partial charge is 0.252 e. The lowest BCUT2D eigenvalue weighted by Gasteiger charge is -2.45. The van der Waals surface area contributed by atoms with Gasteiger partial charge in [-0.3, -0.25) is 0 Å². The summed E-state index contributed by atoms with van der Waals surface area (Å²) in [5.74, 6) is 3.19. The van der Waals surface area contributed by atoms with Crippen LogP contribution in [-0.2, 0) is 0 Å². The number of benzene rings is 5. The molecule has 0 spiro atoms. The van der Waals surface area contributed by atoms with Gasteiger partial charge < -0.3 is 28.7 Å². The zero-order chi connectivity index (χ0) is 29.2. The molecule has 0 fully saturated rings. The summed E-state index contributed by atoms with van der Waals surface area (Å²) in [6.45, 7) is 4.62. The molecular formula is C37H31BN2O4. The van der Waals surface area contributed by atoms with Crippen molar-refractivity contribution in [2.45, 2.75) is 19.8 Å². The van der Waals surface area contributed by atoms with E-state index in [0.29, 0.717) is 26.4 Å². The van der Waals surface area contributed by atoms with Crippen LogP contribution in [0.5, 0.6) is 23.0 Å². The predicted molar refractivity (Wildman–Crippen MR) is 176 cm³/mol. The number of hydrogen-bond acceptors (Lipinski definition) is 6. The lowest BCUT2D eigenvalue weighted by atomic mass is 9.33. The van der Waals surface area contributed by atoms with Crippen molar-refractivity contribution in [1.82, 2.24) is 0 Å². The Balaban J connectivity index is 1.41. The first-order valence-electron chi connectivity index (χ1n) is 15.5. The summed E-state index contributed by atoms with van der Waals surface area (Å²) in [5, 5.41) is 0. The van der Waals surface area contributed by atoms with Crippen LogP contribution in [0, 0.1) is 6.92 Å². The van der Waals surface area contributed by atoms with E-state index in [4.69, 9.17) is 18.9 Å². The first-order valence-corrected chi connectivity index (χ1v) is 15.5. The molecule has 0 amide bonds. The highest BCUT2D eigenvalue weighted by atomic mass is 16.5. The van der Waals surface area contributed by atoms with Crippen LogP contribution in [0.1, 0.15) is 18.4 Å². The fourth-order valence-electron chi connectivity index (χ4n) is 7.24. The first kappa shape index (κ1) is 25.5. The van der Waals surface area contributed by atoms with Crippen molar-refractivity contribution < 1.29 is 18.9 Å². The monoisotopic (exact) mass is 578 g/mol. The Morgan fingerprint density at radius 2 is 1.00 bits per heavy atom. The van der Waals surface area contributed by atoms with Crippen LogP contribution in [0.2, 0.25) is 0 Å². The van der Waals surface area contributed by atoms with Crippen molar-refractivity contribution in [3.8, 4) is 23.0 Å². The number of hydrogen-bond donors (Lipinski definition) is 0. The minimum atomic E-state index is -0.0557. The van der Waals surface area contributed by atoms with Crippen molar-refractivity contribution in [2.24, 2.45) is 0 Å². The fraction of sp³-hybridized carbons (Fsp3) is 0.189. The molecule has 0 saturated carbocycles. The number of rotatable bonds is 2. The Labute approximate surface area is 257 Å². The third kappa shape index (κ3) is 3.75. The van der Waals surface area contributed by atoms with E-state index in [1.165, 1.54) is 22.0 Å². The molecule has 0 atom stereocenters. The van der Waals surface area contributed by atoms with Crippen molar-refractivity contribution in [3.05, 3.63) is 103 Å². The van der Waals surface area contributed by atoms with Crippen molar-refractivity contribution in [3.63, 3.8) is 0 Å². The van der Waals surface area contributed by atoms with Gasteiger partial charge in [-0.05, 0) is 77.4 Å². The van der Waals surface area contributed by atoms with Gasteiger partial charge >= 0.3 is 0 Å². The molecule has 4 aliphatic heterocycles. The molecule has 9 rings (SSSR count). The van der Waals surface area contributed by atoms with Gasteiger partial charge in [0.2, 0.25) is 0 Å². The summed E-state index contributed by atoms with van der Waals surface area (Å²) in [4.78, 5) is 4.75. The molecule has 5 aromatic carbocycles. The first-order chi connectivity index (χ1) is 21.8. The second-order valence-electron chi connectivity index (χ2n) is 11.8. The normalized spacial score (nSPS) is 15.9. The third-order valence-electron chi connectivity index (χ3n) is 8.99. The topological polar surface area (TPSA) is 43.4 Å². The summed E-state index contributed by atoms with van der Waals surface area (Å²) in [5.41, 5.74) is 11.3. The number of nitrogens with zero attached hydrogens (tertiary/aromatic N) is 2. The van der Waals surface area contributed by atoms with Gasteiger partial charge in [-0.25, -0.2) is 0 Å². The zero-order valence-electron chi connectivity index (χ0n) is 24.6. The SMILES string of the molecule is Cc1cc2c3c(c1)N(c1ccccc1)c1c(ccc4c1OCCCO4)B3c1ccc3c(c1N2c1ccccc1)OCCCO3. The highest BCUT2D eigenvalue weighted by Gasteiger charge is 2.46. The van der Waals surface area contributed by atoms with Gasteiger partial charge in [0, 0.05) is 35.6 Å². The Kier molecular flexibility index (Phi) is 5.80. The quantitative estimate of drug-likeness (QED) is 0.221. The molecule has 4 heterocycles. The summed E-state index contributed by atoms with van der Waals surface area (Å²) < 4.78 is 25.6. The molecular weight excluding hydrogens is 547 g/mol. The molecule has 44 heavy (non-hydrogen) atoms. The van der Waals surface area contributed by atoms with Crippen molar-refractivity contribution >= 4 is 57.2 Å². The van der Waals surface area contributed by atoms with E-state index in [2.05, 4.69) is 114 Å². The van der Waals surface area contributed by atoms with E-state index in [1.54, 1.807) is 0 Å². The van der Waals surface area contributed by atoms with E-state index in [9.17, 15) is 0 Å². The third-order valence-corrected chi connectivity index (χ3v) is 8.99. The highest BCUT2D eigenvalue weighted by molar-refractivity contribution is 7.00. The number of ether oxygens (including phenoxy) is 4. The largest absolute Gasteiger partial charge is 0.489 e. The molecule has 216 valence electrons. The van der Waals surface area contributed by atoms with Crippen LogP contribution in [0.25, 0.3) is 0 Å². The van der Waals surface area contributed by atoms with Gasteiger partial charge in [0.05, 0.1) is 37.8 Å². The standard InChI is InChI=1S/C37H31BN2O4/c1-24-22-29-33-30(23-24)40(26-12-6-3-7-13-26)35-28(15-17-32-37(35)44-21-9-19-42-32)38(33)27-14-16-31-36(43-20-8-18-41-31)34(27)39(29)25-10-4-2-5-11-25/h2-7,10-17,22-23H,8-9,18-21H2,1H3. The Bertz CT molecular complexity index is 1780. The average molecular weight is 578 g/mol. The minimum absolute atomic E-state index is 0.0557. The zero-order valence-corrected chi connectivity index (χ0v) is 24.6. The van der Waals surface area contributed by atoms with Crippen LogP contribution in [-0.4, -0.2) is 33.1 Å². The summed E-state index contributed by atoms with van der Waals surface area (Å²) in [7, 11) is 0.